The first-order chi connectivity index (χ1) is 11.7. The van der Waals surface area contributed by atoms with Crippen molar-refractivity contribution in [1.29, 1.82) is 0 Å². The summed E-state index contributed by atoms with van der Waals surface area (Å²) < 4.78 is 12.5. The number of guanidine groups is 1. The van der Waals surface area contributed by atoms with Crippen molar-refractivity contribution in [2.45, 2.75) is 26.3 Å². The Morgan fingerprint density at radius 2 is 2.17 bits per heavy atom. The second kappa shape index (κ2) is 9.48. The van der Waals surface area contributed by atoms with Gasteiger partial charge in [0.25, 0.3) is 0 Å². The summed E-state index contributed by atoms with van der Waals surface area (Å²) in [6.45, 7) is 8.13. The van der Waals surface area contributed by atoms with Gasteiger partial charge >= 0.3 is 0 Å². The topological polar surface area (TPSA) is 89.9 Å². The van der Waals surface area contributed by atoms with Gasteiger partial charge in [0.1, 0.15) is 0 Å². The van der Waals surface area contributed by atoms with Crippen molar-refractivity contribution >= 4 is 5.96 Å². The molecule has 1 saturated heterocycles. The van der Waals surface area contributed by atoms with Crippen molar-refractivity contribution < 1.29 is 9.47 Å². The van der Waals surface area contributed by atoms with E-state index >= 15 is 0 Å². The number of aromatic nitrogens is 2. The molecule has 0 amide bonds. The number of methoxy groups -OCH3 is 1. The molecule has 0 unspecified atom stereocenters. The molecule has 0 spiro atoms. The summed E-state index contributed by atoms with van der Waals surface area (Å²) in [5.41, 5.74) is 7.97. The van der Waals surface area contributed by atoms with Gasteiger partial charge in [-0.1, -0.05) is 6.92 Å². The lowest BCUT2D eigenvalue weighted by molar-refractivity contribution is 0.0376. The molecule has 1 aliphatic heterocycles. The van der Waals surface area contributed by atoms with E-state index in [0.717, 1.165) is 69.4 Å². The van der Waals surface area contributed by atoms with Gasteiger partial charge in [0.15, 0.2) is 5.96 Å². The standard InChI is InChI=1S/C16H30N6O2/c1-4-14-13(15(23-3)21(2)20-14)12-19-16(17)18-6-5-7-22-8-10-24-11-9-22/h4-12H2,1-3H3,(H3,17,18,19). The van der Waals surface area contributed by atoms with Crippen LogP contribution in [0.4, 0.5) is 0 Å². The minimum atomic E-state index is 0.463. The predicted octanol–water partition coefficient (Wildman–Crippen LogP) is 0.118. The number of hydrogen-bond acceptors (Lipinski definition) is 5. The van der Waals surface area contributed by atoms with E-state index in [1.807, 2.05) is 7.05 Å². The first-order valence-corrected chi connectivity index (χ1v) is 8.58. The third kappa shape index (κ3) is 5.10. The van der Waals surface area contributed by atoms with E-state index < -0.39 is 0 Å². The molecule has 0 radical (unpaired) electrons. The molecule has 2 heterocycles. The van der Waals surface area contributed by atoms with Crippen LogP contribution in [0.1, 0.15) is 24.6 Å². The second-order valence-electron chi connectivity index (χ2n) is 5.85. The number of nitrogens with two attached hydrogens (primary N) is 1. The van der Waals surface area contributed by atoms with Crippen LogP contribution in [-0.2, 0) is 24.8 Å². The minimum Gasteiger partial charge on any atom is -0.481 e. The van der Waals surface area contributed by atoms with Crippen LogP contribution in [0.5, 0.6) is 5.88 Å². The summed E-state index contributed by atoms with van der Waals surface area (Å²) in [7, 11) is 3.52. The number of hydrogen-bond donors (Lipinski definition) is 2. The van der Waals surface area contributed by atoms with Crippen molar-refractivity contribution in [3.05, 3.63) is 11.3 Å². The van der Waals surface area contributed by atoms with Gasteiger partial charge in [-0.05, 0) is 19.4 Å². The molecular weight excluding hydrogens is 308 g/mol. The summed E-state index contributed by atoms with van der Waals surface area (Å²) in [5.74, 6) is 1.21. The highest BCUT2D eigenvalue weighted by atomic mass is 16.5. The quantitative estimate of drug-likeness (QED) is 0.397. The normalized spacial score (nSPS) is 16.4. The molecule has 0 saturated carbocycles. The van der Waals surface area contributed by atoms with Crippen LogP contribution in [-0.4, -0.2) is 67.1 Å². The molecule has 1 aromatic rings. The lowest BCUT2D eigenvalue weighted by Crippen LogP contribution is -2.39. The highest BCUT2D eigenvalue weighted by Crippen LogP contribution is 2.22. The van der Waals surface area contributed by atoms with E-state index in [2.05, 4.69) is 27.2 Å². The number of aliphatic imine (C=N–C) groups is 1. The van der Waals surface area contributed by atoms with E-state index in [1.54, 1.807) is 11.8 Å². The van der Waals surface area contributed by atoms with Crippen molar-refractivity contribution in [2.75, 3.05) is 46.5 Å². The average Bonchev–Trinajstić information content (AvgIpc) is 2.92. The molecule has 3 N–H and O–H groups in total. The Labute approximate surface area is 144 Å². The molecule has 1 aromatic heterocycles. The van der Waals surface area contributed by atoms with Gasteiger partial charge in [-0.15, -0.1) is 0 Å². The summed E-state index contributed by atoms with van der Waals surface area (Å²) in [4.78, 5) is 6.83. The Morgan fingerprint density at radius 1 is 1.42 bits per heavy atom. The maximum atomic E-state index is 5.97. The van der Waals surface area contributed by atoms with Gasteiger partial charge in [0, 0.05) is 26.7 Å². The molecule has 2 rings (SSSR count). The smallest absolute Gasteiger partial charge is 0.216 e. The number of morpholine rings is 1. The number of rotatable bonds is 8. The monoisotopic (exact) mass is 338 g/mol. The Bertz CT molecular complexity index is 537. The first kappa shape index (κ1) is 18.5. The fourth-order valence-corrected chi connectivity index (χ4v) is 2.87. The van der Waals surface area contributed by atoms with Crippen LogP contribution < -0.4 is 15.8 Å². The molecule has 1 aliphatic rings. The molecule has 24 heavy (non-hydrogen) atoms. The number of nitrogens with zero attached hydrogens (tertiary/aromatic N) is 4. The molecule has 136 valence electrons. The van der Waals surface area contributed by atoms with Crippen LogP contribution >= 0.6 is 0 Å². The van der Waals surface area contributed by atoms with Crippen LogP contribution in [0.2, 0.25) is 0 Å². The largest absolute Gasteiger partial charge is 0.481 e. The van der Waals surface area contributed by atoms with Crippen molar-refractivity contribution in [2.24, 2.45) is 17.8 Å². The molecule has 0 aliphatic carbocycles. The predicted molar refractivity (Wildman–Crippen MR) is 94.3 cm³/mol. The minimum absolute atomic E-state index is 0.463. The molecule has 8 heteroatoms. The Hall–Kier alpha value is -1.80. The number of ether oxygens (including phenoxy) is 2. The Morgan fingerprint density at radius 3 is 2.83 bits per heavy atom. The van der Waals surface area contributed by atoms with Gasteiger partial charge in [-0.3, -0.25) is 4.90 Å². The van der Waals surface area contributed by atoms with E-state index in [-0.39, 0.29) is 0 Å². The Balaban J connectivity index is 1.77. The lowest BCUT2D eigenvalue weighted by atomic mass is 10.2. The van der Waals surface area contributed by atoms with Crippen molar-refractivity contribution in [1.82, 2.24) is 20.0 Å². The van der Waals surface area contributed by atoms with Crippen LogP contribution in [0.15, 0.2) is 4.99 Å². The van der Waals surface area contributed by atoms with Gasteiger partial charge in [-0.2, -0.15) is 5.10 Å². The molecule has 0 bridgehead atoms. The van der Waals surface area contributed by atoms with E-state index in [9.17, 15) is 0 Å². The molecule has 8 nitrogen and oxygen atoms in total. The summed E-state index contributed by atoms with van der Waals surface area (Å²) in [5, 5.41) is 7.63. The van der Waals surface area contributed by atoms with Gasteiger partial charge in [0.05, 0.1) is 38.1 Å². The zero-order valence-electron chi connectivity index (χ0n) is 15.0. The van der Waals surface area contributed by atoms with E-state index in [1.165, 1.54) is 0 Å². The highest BCUT2D eigenvalue weighted by Gasteiger charge is 2.15. The fourth-order valence-electron chi connectivity index (χ4n) is 2.87. The fraction of sp³-hybridized carbons (Fsp3) is 0.750. The maximum Gasteiger partial charge on any atom is 0.216 e. The summed E-state index contributed by atoms with van der Waals surface area (Å²) >= 11 is 0. The average molecular weight is 338 g/mol. The number of nitrogens with one attached hydrogen (secondary N) is 1. The zero-order chi connectivity index (χ0) is 17.4. The lowest BCUT2D eigenvalue weighted by Gasteiger charge is -2.26. The number of aryl methyl sites for hydroxylation is 2. The van der Waals surface area contributed by atoms with Crippen LogP contribution in [0.25, 0.3) is 0 Å². The Kier molecular flexibility index (Phi) is 7.33. The van der Waals surface area contributed by atoms with Crippen LogP contribution in [0, 0.1) is 0 Å². The van der Waals surface area contributed by atoms with Gasteiger partial charge < -0.3 is 20.5 Å². The first-order valence-electron chi connectivity index (χ1n) is 8.58. The van der Waals surface area contributed by atoms with Crippen molar-refractivity contribution in [3.8, 4) is 5.88 Å². The summed E-state index contributed by atoms with van der Waals surface area (Å²) in [6.07, 6.45) is 1.88. The SMILES string of the molecule is CCc1nn(C)c(OC)c1CN=C(N)NCCCN1CCOCC1. The highest BCUT2D eigenvalue weighted by molar-refractivity contribution is 5.77. The maximum absolute atomic E-state index is 5.97. The third-order valence-corrected chi connectivity index (χ3v) is 4.17. The molecule has 1 fully saturated rings. The van der Waals surface area contributed by atoms with E-state index in [0.29, 0.717) is 12.5 Å². The molecule has 0 aromatic carbocycles. The van der Waals surface area contributed by atoms with Gasteiger partial charge in [0.2, 0.25) is 5.88 Å². The molecule has 0 atom stereocenters. The van der Waals surface area contributed by atoms with E-state index in [4.69, 9.17) is 15.2 Å². The van der Waals surface area contributed by atoms with Crippen LogP contribution in [0.3, 0.4) is 0 Å². The third-order valence-electron chi connectivity index (χ3n) is 4.17. The summed E-state index contributed by atoms with van der Waals surface area (Å²) in [6, 6.07) is 0. The molecular formula is C16H30N6O2. The van der Waals surface area contributed by atoms with Gasteiger partial charge in [-0.25, -0.2) is 9.67 Å². The van der Waals surface area contributed by atoms with Crippen molar-refractivity contribution in [3.63, 3.8) is 0 Å². The second-order valence-corrected chi connectivity index (χ2v) is 5.85. The zero-order valence-corrected chi connectivity index (χ0v) is 15.0.